The lowest BCUT2D eigenvalue weighted by Crippen LogP contribution is -2.57. The lowest BCUT2D eigenvalue weighted by molar-refractivity contribution is -0.130. The van der Waals surface area contributed by atoms with Crippen molar-refractivity contribution in [3.63, 3.8) is 0 Å². The first kappa shape index (κ1) is 22.8. The van der Waals surface area contributed by atoms with Gasteiger partial charge in [-0.1, -0.05) is 11.6 Å². The van der Waals surface area contributed by atoms with Crippen LogP contribution in [-0.4, -0.2) is 58.1 Å². The minimum Gasteiger partial charge on any atom is -0.481 e. The van der Waals surface area contributed by atoms with Gasteiger partial charge in [-0.05, 0) is 74.7 Å². The van der Waals surface area contributed by atoms with E-state index in [1.807, 2.05) is 0 Å². The second-order valence-corrected chi connectivity index (χ2v) is 11.3. The quantitative estimate of drug-likeness (QED) is 0.652. The number of nitrogens with zero attached hydrogens (tertiary/aromatic N) is 3. The minimum atomic E-state index is -0.135. The maximum Gasteiger partial charge on any atom is 0.274 e. The van der Waals surface area contributed by atoms with Crippen LogP contribution >= 0.6 is 11.6 Å². The number of nitrogens with one attached hydrogen (secondary N) is 2. The maximum atomic E-state index is 13.1. The van der Waals surface area contributed by atoms with Crippen LogP contribution in [0.4, 0.5) is 0 Å². The molecule has 0 radical (unpaired) electrons. The Kier molecular flexibility index (Phi) is 5.95. The van der Waals surface area contributed by atoms with Crippen molar-refractivity contribution in [2.75, 3.05) is 20.2 Å². The number of halogens is 1. The monoisotopic (exact) mass is 497 g/mol. The van der Waals surface area contributed by atoms with Gasteiger partial charge in [-0.3, -0.25) is 14.7 Å². The predicted octanol–water partition coefficient (Wildman–Crippen LogP) is 3.93. The minimum absolute atomic E-state index is 0.0194. The topological polar surface area (TPSA) is 100 Å². The molecule has 5 fully saturated rings. The van der Waals surface area contributed by atoms with E-state index in [1.54, 1.807) is 17.0 Å². The van der Waals surface area contributed by atoms with E-state index >= 15 is 0 Å². The third kappa shape index (κ3) is 4.30. The van der Waals surface area contributed by atoms with Crippen molar-refractivity contribution in [2.45, 2.75) is 51.0 Å². The number of carbonyl (C=O) groups is 2. The van der Waals surface area contributed by atoms with Gasteiger partial charge in [0.05, 0.1) is 24.0 Å². The predicted molar refractivity (Wildman–Crippen MR) is 131 cm³/mol. The van der Waals surface area contributed by atoms with E-state index in [-0.39, 0.29) is 17.7 Å². The normalized spacial score (nSPS) is 29.9. The summed E-state index contributed by atoms with van der Waals surface area (Å²) < 4.78 is 5.17. The maximum absolute atomic E-state index is 13.1. The highest BCUT2D eigenvalue weighted by Gasteiger charge is 2.49. The zero-order valence-electron chi connectivity index (χ0n) is 20.0. The van der Waals surface area contributed by atoms with Gasteiger partial charge < -0.3 is 15.0 Å². The van der Waals surface area contributed by atoms with Crippen molar-refractivity contribution in [1.82, 2.24) is 25.4 Å². The van der Waals surface area contributed by atoms with Crippen LogP contribution in [-0.2, 0) is 4.79 Å². The fourth-order valence-corrected chi connectivity index (χ4v) is 7.46. The molecular formula is C26H32ClN5O3. The largest absolute Gasteiger partial charge is 0.481 e. The summed E-state index contributed by atoms with van der Waals surface area (Å²) >= 11 is 6.28. The summed E-state index contributed by atoms with van der Waals surface area (Å²) in [5.74, 6) is 3.63. The van der Waals surface area contributed by atoms with E-state index in [4.69, 9.17) is 16.3 Å². The Morgan fingerprint density at radius 3 is 2.43 bits per heavy atom. The van der Waals surface area contributed by atoms with Gasteiger partial charge in [-0.15, -0.1) is 0 Å². The second kappa shape index (κ2) is 9.12. The molecule has 7 rings (SSSR count). The molecule has 0 spiro atoms. The highest BCUT2D eigenvalue weighted by atomic mass is 35.5. The molecule has 2 aromatic heterocycles. The van der Waals surface area contributed by atoms with Crippen LogP contribution in [0.5, 0.6) is 5.88 Å². The second-order valence-electron chi connectivity index (χ2n) is 10.9. The molecule has 2 aromatic rings. The van der Waals surface area contributed by atoms with Crippen LogP contribution in [0.15, 0.2) is 18.3 Å². The average molecular weight is 498 g/mol. The standard InChI is InChI=1S/C26H32ClN5O3/c1-35-23-11-19(20(27)13-28-23)21-12-22(31-30-21)26(34)32-4-2-16(3-5-32)25(33)29-24-17-7-14-6-15(9-17)10-18(24)8-14/h11-18,24H,2-10H2,1H3,(H,29,33)(H,30,31)/t14-,15+,17-,18+,24?. The smallest absolute Gasteiger partial charge is 0.274 e. The molecule has 0 unspecified atom stereocenters. The molecular weight excluding hydrogens is 466 g/mol. The number of H-pyrrole nitrogens is 1. The lowest BCUT2D eigenvalue weighted by Gasteiger charge is -2.54. The summed E-state index contributed by atoms with van der Waals surface area (Å²) in [5, 5.41) is 11.0. The van der Waals surface area contributed by atoms with Gasteiger partial charge in [0.15, 0.2) is 5.69 Å². The molecule has 4 aliphatic carbocycles. The summed E-state index contributed by atoms with van der Waals surface area (Å²) in [6.07, 6.45) is 9.51. The van der Waals surface area contributed by atoms with Crippen LogP contribution in [0, 0.1) is 29.6 Å². The highest BCUT2D eigenvalue weighted by Crippen LogP contribution is 2.53. The summed E-state index contributed by atoms with van der Waals surface area (Å²) in [4.78, 5) is 32.1. The number of hydrogen-bond donors (Lipinski definition) is 2. The Bertz CT molecular complexity index is 1100. The van der Waals surface area contributed by atoms with Crippen molar-refractivity contribution in [3.05, 3.63) is 29.0 Å². The molecule has 1 saturated heterocycles. The molecule has 9 heteroatoms. The number of piperidine rings is 1. The Morgan fingerprint density at radius 2 is 1.77 bits per heavy atom. The number of aromatic nitrogens is 3. The fourth-order valence-electron chi connectivity index (χ4n) is 7.26. The lowest BCUT2D eigenvalue weighted by atomic mass is 9.54. The van der Waals surface area contributed by atoms with Crippen LogP contribution in [0.1, 0.15) is 55.4 Å². The Hall–Kier alpha value is -2.61. The zero-order valence-corrected chi connectivity index (χ0v) is 20.8. The number of methoxy groups -OCH3 is 1. The summed E-state index contributed by atoms with van der Waals surface area (Å²) in [7, 11) is 1.54. The molecule has 5 aliphatic rings. The van der Waals surface area contributed by atoms with E-state index in [0.29, 0.717) is 71.7 Å². The molecule has 2 amide bonds. The van der Waals surface area contributed by atoms with E-state index in [1.165, 1.54) is 45.4 Å². The van der Waals surface area contributed by atoms with E-state index in [2.05, 4.69) is 20.5 Å². The van der Waals surface area contributed by atoms with E-state index in [9.17, 15) is 9.59 Å². The number of rotatable bonds is 5. The molecule has 3 heterocycles. The number of pyridine rings is 1. The number of ether oxygens (including phenoxy) is 1. The number of likely N-dealkylation sites (tertiary alicyclic amines) is 1. The molecule has 4 bridgehead atoms. The highest BCUT2D eigenvalue weighted by molar-refractivity contribution is 6.33. The molecule has 2 N–H and O–H groups in total. The Labute approximate surface area is 210 Å². The first-order valence-corrected chi connectivity index (χ1v) is 13.2. The van der Waals surface area contributed by atoms with Crippen LogP contribution < -0.4 is 10.1 Å². The van der Waals surface area contributed by atoms with Gasteiger partial charge in [-0.2, -0.15) is 5.10 Å². The molecule has 0 aromatic carbocycles. The number of hydrogen-bond acceptors (Lipinski definition) is 5. The van der Waals surface area contributed by atoms with Crippen molar-refractivity contribution in [2.24, 2.45) is 29.6 Å². The van der Waals surface area contributed by atoms with E-state index < -0.39 is 0 Å². The van der Waals surface area contributed by atoms with Crippen molar-refractivity contribution in [1.29, 1.82) is 0 Å². The van der Waals surface area contributed by atoms with Gasteiger partial charge in [-0.25, -0.2) is 4.98 Å². The van der Waals surface area contributed by atoms with Crippen molar-refractivity contribution >= 4 is 23.4 Å². The van der Waals surface area contributed by atoms with Gasteiger partial charge in [0.2, 0.25) is 11.8 Å². The molecule has 8 nitrogen and oxygen atoms in total. The summed E-state index contributed by atoms with van der Waals surface area (Å²) in [6.45, 7) is 1.12. The van der Waals surface area contributed by atoms with Crippen LogP contribution in [0.2, 0.25) is 5.02 Å². The SMILES string of the molecule is COc1cc(-c2cc(C(=O)N3CCC(C(=O)NC4[C@H]5C[C@@H]6C[C@@H](C[C@H]4C6)C5)CC3)n[nH]2)c(Cl)cn1. The average Bonchev–Trinajstić information content (AvgIpc) is 3.36. The summed E-state index contributed by atoms with van der Waals surface area (Å²) in [5.41, 5.74) is 1.64. The number of amides is 2. The van der Waals surface area contributed by atoms with Crippen molar-refractivity contribution < 1.29 is 14.3 Å². The third-order valence-corrected chi connectivity index (χ3v) is 9.12. The van der Waals surface area contributed by atoms with E-state index in [0.717, 1.165) is 11.8 Å². The number of carbonyl (C=O) groups excluding carboxylic acids is 2. The molecule has 186 valence electrons. The van der Waals surface area contributed by atoms with Gasteiger partial charge in [0, 0.05) is 36.7 Å². The Morgan fingerprint density at radius 1 is 1.09 bits per heavy atom. The zero-order chi connectivity index (χ0) is 24.1. The van der Waals surface area contributed by atoms with Gasteiger partial charge >= 0.3 is 0 Å². The molecule has 4 saturated carbocycles. The third-order valence-electron chi connectivity index (χ3n) is 8.82. The van der Waals surface area contributed by atoms with Crippen LogP contribution in [0.3, 0.4) is 0 Å². The summed E-state index contributed by atoms with van der Waals surface area (Å²) in [6, 6.07) is 3.78. The van der Waals surface area contributed by atoms with Gasteiger partial charge in [0.1, 0.15) is 0 Å². The van der Waals surface area contributed by atoms with Gasteiger partial charge in [0.25, 0.3) is 5.91 Å². The molecule has 35 heavy (non-hydrogen) atoms. The van der Waals surface area contributed by atoms with Crippen LogP contribution in [0.25, 0.3) is 11.3 Å². The first-order valence-electron chi connectivity index (χ1n) is 12.8. The first-order chi connectivity index (χ1) is 17.0. The molecule has 0 atom stereocenters. The molecule has 1 aliphatic heterocycles. The van der Waals surface area contributed by atoms with Crippen molar-refractivity contribution in [3.8, 4) is 17.1 Å². The number of aromatic amines is 1. The fraction of sp³-hybridized carbons (Fsp3) is 0.615. The Balaban J connectivity index is 1.05.